The van der Waals surface area contributed by atoms with Gasteiger partial charge in [0, 0.05) is 59.6 Å². The summed E-state index contributed by atoms with van der Waals surface area (Å²) < 4.78 is 24.4. The number of hydrogen-bond donors (Lipinski definition) is 0. The lowest BCUT2D eigenvalue weighted by atomic mass is 9.45. The number of carbonyl (C=O) groups is 2. The first-order valence-corrected chi connectivity index (χ1v) is 20.9. The third-order valence-corrected chi connectivity index (χ3v) is 19.3. The lowest BCUT2D eigenvalue weighted by Gasteiger charge is -2.58. The molecule has 10 fully saturated rings. The summed E-state index contributed by atoms with van der Waals surface area (Å²) in [5.41, 5.74) is 0.292. The van der Waals surface area contributed by atoms with Crippen LogP contribution in [0.25, 0.3) is 0 Å². The SMILES string of the molecule is CO[C@H]1CC[C@]2(C)C3CC[C@]4(C)C(=O)C(C)(C)CC4C3C[C@@H]3O[C@@]32C1.CO[C@H]1CC[C@]2(C)C3CC[C@]4(C)C(=O)C(C)(C)CC4C3C[C@H]3O[C@]32C1. The number of methoxy groups -OCH3 is 2. The van der Waals surface area contributed by atoms with E-state index < -0.39 is 0 Å². The monoisotopic (exact) mass is 693 g/mol. The van der Waals surface area contributed by atoms with Crippen LogP contribution in [0.2, 0.25) is 0 Å². The van der Waals surface area contributed by atoms with Gasteiger partial charge in [-0.2, -0.15) is 0 Å². The van der Waals surface area contributed by atoms with Crippen LogP contribution in [0.1, 0.15) is 145 Å². The molecule has 0 bridgehead atoms. The molecule has 280 valence electrons. The fourth-order valence-corrected chi connectivity index (χ4v) is 16.5. The first-order valence-electron chi connectivity index (χ1n) is 20.9. The molecule has 6 unspecified atom stereocenters. The van der Waals surface area contributed by atoms with Gasteiger partial charge in [0.15, 0.2) is 0 Å². The van der Waals surface area contributed by atoms with E-state index in [-0.39, 0.29) is 43.7 Å². The van der Waals surface area contributed by atoms with Gasteiger partial charge >= 0.3 is 0 Å². The highest BCUT2D eigenvalue weighted by Gasteiger charge is 2.78. The minimum atomic E-state index is -0.137. The second-order valence-electron chi connectivity index (χ2n) is 22.0. The molecule has 2 spiro atoms. The Morgan fingerprint density at radius 3 is 1.26 bits per heavy atom. The van der Waals surface area contributed by atoms with E-state index in [2.05, 4.69) is 55.4 Å². The van der Waals surface area contributed by atoms with E-state index in [1.165, 1.54) is 51.4 Å². The van der Waals surface area contributed by atoms with E-state index in [9.17, 15) is 9.59 Å². The molecule has 8 saturated carbocycles. The van der Waals surface area contributed by atoms with Crippen molar-refractivity contribution in [1.29, 1.82) is 0 Å². The summed E-state index contributed by atoms with van der Waals surface area (Å²) in [7, 11) is 3.70. The van der Waals surface area contributed by atoms with Crippen LogP contribution in [0, 0.1) is 68.0 Å². The number of epoxide rings is 2. The molecule has 0 radical (unpaired) electrons. The van der Waals surface area contributed by atoms with Crippen LogP contribution in [-0.2, 0) is 28.5 Å². The minimum Gasteiger partial charge on any atom is -0.381 e. The van der Waals surface area contributed by atoms with Crippen molar-refractivity contribution in [1.82, 2.24) is 0 Å². The van der Waals surface area contributed by atoms with Crippen molar-refractivity contribution in [3.8, 4) is 0 Å². The van der Waals surface area contributed by atoms with Gasteiger partial charge in [0.1, 0.15) is 22.8 Å². The van der Waals surface area contributed by atoms with E-state index in [0.29, 0.717) is 59.7 Å². The molecule has 0 amide bonds. The zero-order chi connectivity index (χ0) is 35.7. The van der Waals surface area contributed by atoms with Crippen molar-refractivity contribution in [3.05, 3.63) is 0 Å². The van der Waals surface area contributed by atoms with Crippen LogP contribution in [-0.4, -0.2) is 61.4 Å². The summed E-state index contributed by atoms with van der Waals surface area (Å²) in [5, 5.41) is 0. The van der Waals surface area contributed by atoms with Gasteiger partial charge in [-0.3, -0.25) is 9.59 Å². The number of ketones is 2. The molecule has 0 aromatic rings. The normalized spacial score (nSPS) is 58.8. The quantitative estimate of drug-likeness (QED) is 0.270. The zero-order valence-corrected chi connectivity index (χ0v) is 33.1. The van der Waals surface area contributed by atoms with Crippen molar-refractivity contribution in [2.24, 2.45) is 68.0 Å². The molecule has 2 saturated heterocycles. The maximum absolute atomic E-state index is 13.1. The largest absolute Gasteiger partial charge is 0.381 e. The van der Waals surface area contributed by atoms with Crippen LogP contribution in [0.15, 0.2) is 0 Å². The van der Waals surface area contributed by atoms with Crippen LogP contribution in [0.5, 0.6) is 0 Å². The van der Waals surface area contributed by atoms with Crippen molar-refractivity contribution in [2.45, 2.75) is 181 Å². The predicted octanol–water partition coefficient (Wildman–Crippen LogP) is 8.76. The van der Waals surface area contributed by atoms with Crippen molar-refractivity contribution in [3.63, 3.8) is 0 Å². The molecule has 6 nitrogen and oxygen atoms in total. The molecule has 0 aromatic heterocycles. The van der Waals surface area contributed by atoms with E-state index >= 15 is 0 Å². The number of rotatable bonds is 2. The lowest BCUT2D eigenvalue weighted by Crippen LogP contribution is -2.58. The van der Waals surface area contributed by atoms with E-state index in [4.69, 9.17) is 18.9 Å². The van der Waals surface area contributed by atoms with Gasteiger partial charge in [-0.05, 0) is 113 Å². The van der Waals surface area contributed by atoms with Crippen LogP contribution in [0.4, 0.5) is 0 Å². The number of Topliss-reactive ketones (excluding diaryl/α,β-unsaturated/α-hetero) is 2. The average molecular weight is 693 g/mol. The molecule has 0 N–H and O–H groups in total. The fourth-order valence-electron chi connectivity index (χ4n) is 16.5. The molecule has 0 aromatic carbocycles. The number of carbonyl (C=O) groups excluding carboxylic acids is 2. The Hall–Kier alpha value is -0.820. The number of hydrogen-bond acceptors (Lipinski definition) is 6. The van der Waals surface area contributed by atoms with Crippen LogP contribution >= 0.6 is 0 Å². The predicted molar refractivity (Wildman–Crippen MR) is 192 cm³/mol. The van der Waals surface area contributed by atoms with E-state index in [1.54, 1.807) is 0 Å². The summed E-state index contributed by atoms with van der Waals surface area (Å²) in [6.07, 6.45) is 17.7. The molecular formula is C44H68O6. The van der Waals surface area contributed by atoms with Gasteiger partial charge in [-0.15, -0.1) is 0 Å². The Kier molecular flexibility index (Phi) is 7.32. The summed E-state index contributed by atoms with van der Waals surface area (Å²) in [6.45, 7) is 18.3. The molecule has 2 aliphatic heterocycles. The Balaban J connectivity index is 0.000000135. The lowest BCUT2D eigenvalue weighted by molar-refractivity contribution is -0.142. The summed E-state index contributed by atoms with van der Waals surface area (Å²) in [5.74, 6) is 4.99. The zero-order valence-electron chi connectivity index (χ0n) is 33.1. The second-order valence-corrected chi connectivity index (χ2v) is 22.0. The topological polar surface area (TPSA) is 77.7 Å². The summed E-state index contributed by atoms with van der Waals surface area (Å²) in [4.78, 5) is 26.3. The van der Waals surface area contributed by atoms with Crippen molar-refractivity contribution in [2.75, 3.05) is 14.2 Å². The van der Waals surface area contributed by atoms with Gasteiger partial charge in [-0.25, -0.2) is 0 Å². The van der Waals surface area contributed by atoms with Gasteiger partial charge in [0.25, 0.3) is 0 Å². The van der Waals surface area contributed by atoms with Gasteiger partial charge in [0.05, 0.1) is 24.4 Å². The molecule has 50 heavy (non-hydrogen) atoms. The Labute approximate surface area is 302 Å². The maximum atomic E-state index is 13.1. The average Bonchev–Trinajstić information content (AvgIpc) is 3.95. The van der Waals surface area contributed by atoms with Gasteiger partial charge < -0.3 is 18.9 Å². The van der Waals surface area contributed by atoms with Crippen LogP contribution < -0.4 is 0 Å². The molecule has 10 rings (SSSR count). The molecule has 6 heteroatoms. The first-order chi connectivity index (χ1) is 23.4. The number of ether oxygens (including phenoxy) is 4. The highest BCUT2D eigenvalue weighted by Crippen LogP contribution is 2.76. The smallest absolute Gasteiger partial charge is 0.144 e. The van der Waals surface area contributed by atoms with Gasteiger partial charge in [0.2, 0.25) is 0 Å². The standard InChI is InChI=1S/2C22H34O3/c2*1-19(2)12-16-14-10-17-22(25-17)11-13(24-5)6-9-21(22,4)15(14)7-8-20(16,3)18(19)23/h2*13-17H,6-12H2,1-5H3/t13-,14?,15?,16?,17+,20-,21+,22+;13-,14?,15?,16?,17-,20-,21+,22-/m00/s1. The summed E-state index contributed by atoms with van der Waals surface area (Å²) in [6, 6.07) is 0. The Morgan fingerprint density at radius 1 is 0.520 bits per heavy atom. The fraction of sp³-hybridized carbons (Fsp3) is 0.955. The molecule has 2 heterocycles. The third-order valence-electron chi connectivity index (χ3n) is 19.3. The highest BCUT2D eigenvalue weighted by molar-refractivity contribution is 5.92. The third kappa shape index (κ3) is 4.18. The van der Waals surface area contributed by atoms with E-state index in [1.807, 2.05) is 14.2 Å². The van der Waals surface area contributed by atoms with Crippen molar-refractivity contribution < 1.29 is 28.5 Å². The van der Waals surface area contributed by atoms with E-state index in [0.717, 1.165) is 50.4 Å². The molecule has 10 aliphatic rings. The summed E-state index contributed by atoms with van der Waals surface area (Å²) >= 11 is 0. The Bertz CT molecular complexity index is 1360. The van der Waals surface area contributed by atoms with Crippen molar-refractivity contribution >= 4 is 11.6 Å². The van der Waals surface area contributed by atoms with Crippen LogP contribution in [0.3, 0.4) is 0 Å². The molecule has 8 aliphatic carbocycles. The molecular weight excluding hydrogens is 624 g/mol. The Morgan fingerprint density at radius 2 is 0.900 bits per heavy atom. The minimum absolute atomic E-state index is 0.0823. The molecule has 16 atom stereocenters. The maximum Gasteiger partial charge on any atom is 0.144 e. The highest BCUT2D eigenvalue weighted by atomic mass is 16.6. The van der Waals surface area contributed by atoms with Gasteiger partial charge in [-0.1, -0.05) is 55.4 Å². The number of fused-ring (bicyclic) bond motifs is 8. The first kappa shape index (κ1) is 34.9. The second kappa shape index (κ2) is 10.5.